The number of methoxy groups -OCH3 is 2. The van der Waals surface area contributed by atoms with Gasteiger partial charge >= 0.3 is 0 Å². The molecule has 0 spiro atoms. The second-order valence-electron chi connectivity index (χ2n) is 7.07. The van der Waals surface area contributed by atoms with Crippen LogP contribution >= 0.6 is 0 Å². The minimum absolute atomic E-state index is 0.720. The van der Waals surface area contributed by atoms with Crippen LogP contribution in [-0.2, 0) is 13.0 Å². The van der Waals surface area contributed by atoms with E-state index in [2.05, 4.69) is 47.8 Å². The lowest BCUT2D eigenvalue weighted by Crippen LogP contribution is -2.25. The highest BCUT2D eigenvalue weighted by Gasteiger charge is 2.23. The first-order valence-corrected chi connectivity index (χ1v) is 9.57. The largest absolute Gasteiger partial charge is 0.493 e. The summed E-state index contributed by atoms with van der Waals surface area (Å²) in [5.74, 6) is 1.45. The normalized spacial score (nSPS) is 13.5. The zero-order chi connectivity index (χ0) is 19.1. The number of fused-ring (bicyclic) bond motifs is 5. The minimum Gasteiger partial charge on any atom is -0.493 e. The van der Waals surface area contributed by atoms with Gasteiger partial charge in [-0.1, -0.05) is 36.4 Å². The van der Waals surface area contributed by atoms with E-state index in [9.17, 15) is 0 Å². The molecule has 0 unspecified atom stereocenters. The Labute approximate surface area is 164 Å². The van der Waals surface area contributed by atoms with Gasteiger partial charge in [0.05, 0.1) is 25.4 Å². The maximum atomic E-state index is 5.71. The number of ether oxygens (including phenoxy) is 2. The van der Waals surface area contributed by atoms with Crippen molar-refractivity contribution in [3.8, 4) is 22.8 Å². The van der Waals surface area contributed by atoms with Crippen LogP contribution in [0.5, 0.6) is 11.5 Å². The maximum absolute atomic E-state index is 5.71. The number of nitrogens with zero attached hydrogens (tertiary/aromatic N) is 1. The quantitative estimate of drug-likeness (QED) is 0.530. The SMILES string of the molecule is COc1cccc(-c2nc3ccc4ccccc4c3c3c2CNCC3)c1OC. The van der Waals surface area contributed by atoms with Crippen LogP contribution in [0.1, 0.15) is 11.1 Å². The number of aromatic nitrogens is 1. The fourth-order valence-electron chi connectivity index (χ4n) is 4.34. The number of hydrogen-bond donors (Lipinski definition) is 1. The zero-order valence-electron chi connectivity index (χ0n) is 16.1. The molecule has 1 aliphatic rings. The molecule has 1 aliphatic heterocycles. The van der Waals surface area contributed by atoms with Crippen molar-refractivity contribution >= 4 is 21.7 Å². The number of hydrogen-bond acceptors (Lipinski definition) is 4. The van der Waals surface area contributed by atoms with Gasteiger partial charge in [-0.3, -0.25) is 0 Å². The van der Waals surface area contributed by atoms with E-state index in [0.29, 0.717) is 0 Å². The van der Waals surface area contributed by atoms with Crippen molar-refractivity contribution < 1.29 is 9.47 Å². The molecule has 28 heavy (non-hydrogen) atoms. The van der Waals surface area contributed by atoms with Crippen molar-refractivity contribution in [3.63, 3.8) is 0 Å². The summed E-state index contributed by atoms with van der Waals surface area (Å²) in [6.45, 7) is 1.78. The monoisotopic (exact) mass is 370 g/mol. The van der Waals surface area contributed by atoms with Crippen molar-refractivity contribution in [2.75, 3.05) is 20.8 Å². The molecule has 1 N–H and O–H groups in total. The van der Waals surface area contributed by atoms with Gasteiger partial charge in [0, 0.05) is 17.5 Å². The van der Waals surface area contributed by atoms with Gasteiger partial charge in [-0.05, 0) is 53.1 Å². The molecule has 4 heteroatoms. The molecule has 4 aromatic rings. The van der Waals surface area contributed by atoms with Gasteiger partial charge < -0.3 is 14.8 Å². The molecule has 0 radical (unpaired) electrons. The molecule has 0 saturated heterocycles. The van der Waals surface area contributed by atoms with Crippen molar-refractivity contribution in [1.29, 1.82) is 0 Å². The molecule has 4 nitrogen and oxygen atoms in total. The first-order valence-electron chi connectivity index (χ1n) is 9.57. The smallest absolute Gasteiger partial charge is 0.170 e. The average Bonchev–Trinajstić information content (AvgIpc) is 2.77. The summed E-state index contributed by atoms with van der Waals surface area (Å²) in [6, 6.07) is 18.8. The molecule has 0 bridgehead atoms. The van der Waals surface area contributed by atoms with E-state index in [1.54, 1.807) is 14.2 Å². The van der Waals surface area contributed by atoms with Crippen molar-refractivity contribution in [3.05, 3.63) is 65.7 Å². The Kier molecular flexibility index (Phi) is 4.14. The molecule has 2 heterocycles. The summed E-state index contributed by atoms with van der Waals surface area (Å²) in [4.78, 5) is 5.12. The van der Waals surface area contributed by atoms with Crippen molar-refractivity contribution in [2.45, 2.75) is 13.0 Å². The van der Waals surface area contributed by atoms with Gasteiger partial charge in [0.1, 0.15) is 0 Å². The maximum Gasteiger partial charge on any atom is 0.170 e. The lowest BCUT2D eigenvalue weighted by atomic mass is 9.90. The van der Waals surface area contributed by atoms with Crippen LogP contribution in [0.2, 0.25) is 0 Å². The molecule has 1 aromatic heterocycles. The molecule has 0 atom stereocenters. The standard InChI is InChI=1S/C24H22N2O2/c1-27-21-9-5-8-18(24(21)28-2)23-19-14-25-13-12-17(19)22-16-7-4-3-6-15(16)10-11-20(22)26-23/h3-11,25H,12-14H2,1-2H3. The fourth-order valence-corrected chi connectivity index (χ4v) is 4.34. The summed E-state index contributed by atoms with van der Waals surface area (Å²) in [5, 5.41) is 7.32. The van der Waals surface area contributed by atoms with Crippen LogP contribution in [0.25, 0.3) is 32.9 Å². The summed E-state index contributed by atoms with van der Waals surface area (Å²) < 4.78 is 11.2. The Balaban J connectivity index is 1.88. The van der Waals surface area contributed by atoms with Crippen LogP contribution in [0.4, 0.5) is 0 Å². The van der Waals surface area contributed by atoms with E-state index in [1.165, 1.54) is 27.3 Å². The topological polar surface area (TPSA) is 43.4 Å². The molecule has 0 fully saturated rings. The summed E-state index contributed by atoms with van der Waals surface area (Å²) in [7, 11) is 3.35. The highest BCUT2D eigenvalue weighted by molar-refractivity contribution is 6.09. The van der Waals surface area contributed by atoms with Crippen LogP contribution in [0.3, 0.4) is 0 Å². The van der Waals surface area contributed by atoms with Crippen LogP contribution in [-0.4, -0.2) is 25.7 Å². The number of para-hydroxylation sites is 1. The lowest BCUT2D eigenvalue weighted by molar-refractivity contribution is 0.356. The van der Waals surface area contributed by atoms with E-state index < -0.39 is 0 Å². The van der Waals surface area contributed by atoms with E-state index in [0.717, 1.165) is 47.8 Å². The van der Waals surface area contributed by atoms with E-state index in [4.69, 9.17) is 14.5 Å². The minimum atomic E-state index is 0.720. The van der Waals surface area contributed by atoms with E-state index in [1.807, 2.05) is 12.1 Å². The van der Waals surface area contributed by atoms with Gasteiger partial charge in [-0.15, -0.1) is 0 Å². The lowest BCUT2D eigenvalue weighted by Gasteiger charge is -2.24. The molecule has 0 saturated carbocycles. The predicted molar refractivity (Wildman–Crippen MR) is 113 cm³/mol. The van der Waals surface area contributed by atoms with Crippen LogP contribution in [0, 0.1) is 0 Å². The molecule has 0 amide bonds. The predicted octanol–water partition coefficient (Wildman–Crippen LogP) is 4.72. The van der Waals surface area contributed by atoms with Gasteiger partial charge in [0.2, 0.25) is 0 Å². The fraction of sp³-hybridized carbons (Fsp3) is 0.208. The second kappa shape index (κ2) is 6.80. The second-order valence-corrected chi connectivity index (χ2v) is 7.07. The highest BCUT2D eigenvalue weighted by atomic mass is 16.5. The van der Waals surface area contributed by atoms with Gasteiger partial charge in [0.15, 0.2) is 11.5 Å². The molecule has 140 valence electrons. The Morgan fingerprint density at radius 2 is 1.79 bits per heavy atom. The van der Waals surface area contributed by atoms with Crippen molar-refractivity contribution in [2.24, 2.45) is 0 Å². The Hall–Kier alpha value is -3.11. The molecular weight excluding hydrogens is 348 g/mol. The summed E-state index contributed by atoms with van der Waals surface area (Å²) >= 11 is 0. The van der Waals surface area contributed by atoms with E-state index >= 15 is 0 Å². The third-order valence-corrected chi connectivity index (χ3v) is 5.60. The number of nitrogens with one attached hydrogen (secondary N) is 1. The number of pyridine rings is 1. The molecule has 3 aromatic carbocycles. The zero-order valence-corrected chi connectivity index (χ0v) is 16.1. The van der Waals surface area contributed by atoms with Crippen molar-refractivity contribution in [1.82, 2.24) is 10.3 Å². The molecule has 5 rings (SSSR count). The summed E-state index contributed by atoms with van der Waals surface area (Å²) in [6.07, 6.45) is 0.988. The Bertz CT molecular complexity index is 1200. The van der Waals surface area contributed by atoms with Crippen LogP contribution in [0.15, 0.2) is 54.6 Å². The van der Waals surface area contributed by atoms with Gasteiger partial charge in [0.25, 0.3) is 0 Å². The molecular formula is C24H22N2O2. The number of benzene rings is 3. The number of rotatable bonds is 3. The Morgan fingerprint density at radius 1 is 0.893 bits per heavy atom. The Morgan fingerprint density at radius 3 is 2.64 bits per heavy atom. The van der Waals surface area contributed by atoms with Gasteiger partial charge in [-0.25, -0.2) is 4.98 Å². The van der Waals surface area contributed by atoms with Crippen LogP contribution < -0.4 is 14.8 Å². The third-order valence-electron chi connectivity index (χ3n) is 5.60. The van der Waals surface area contributed by atoms with Gasteiger partial charge in [-0.2, -0.15) is 0 Å². The highest BCUT2D eigenvalue weighted by Crippen LogP contribution is 2.42. The third kappa shape index (κ3) is 2.53. The summed E-state index contributed by atoms with van der Waals surface area (Å²) in [5.41, 5.74) is 5.61. The van der Waals surface area contributed by atoms with E-state index in [-0.39, 0.29) is 0 Å². The molecule has 0 aliphatic carbocycles. The average molecular weight is 370 g/mol. The first-order chi connectivity index (χ1) is 13.8. The first kappa shape index (κ1) is 17.0.